The number of alkyl halides is 3. The lowest BCUT2D eigenvalue weighted by molar-refractivity contribution is -0.134. The van der Waals surface area contributed by atoms with E-state index in [2.05, 4.69) is 15.4 Å². The summed E-state index contributed by atoms with van der Waals surface area (Å²) in [6, 6.07) is 8.66. The number of halogens is 4. The van der Waals surface area contributed by atoms with Crippen LogP contribution < -0.4 is 5.32 Å². The summed E-state index contributed by atoms with van der Waals surface area (Å²) in [5.41, 5.74) is 1.19. The molecule has 10 heteroatoms. The summed E-state index contributed by atoms with van der Waals surface area (Å²) >= 11 is 6.29. The van der Waals surface area contributed by atoms with Gasteiger partial charge in [0.05, 0.1) is 24.0 Å². The average molecular weight is 387 g/mol. The molecule has 5 nitrogen and oxygen atoms in total. The lowest BCUT2D eigenvalue weighted by atomic mass is 10.3. The average Bonchev–Trinajstić information content (AvgIpc) is 3.16. The van der Waals surface area contributed by atoms with Crippen LogP contribution >= 0.6 is 22.9 Å². The maximum absolute atomic E-state index is 12.5. The van der Waals surface area contributed by atoms with E-state index in [1.54, 1.807) is 41.2 Å². The Morgan fingerprint density at radius 1 is 1.32 bits per heavy atom. The standard InChI is InChI=1S/C15H10ClF3N4OS/c16-9-2-1-3-11(6-9)23-5-4-10(22-23)7-13(24)21-14-20-8-12(25-14)15(17,18)19/h1-6,8H,7H2,(H,20,21,24). The molecule has 1 amide bonds. The van der Waals surface area contributed by atoms with Gasteiger partial charge in [0.25, 0.3) is 0 Å². The number of nitrogens with zero attached hydrogens (tertiary/aromatic N) is 3. The summed E-state index contributed by atoms with van der Waals surface area (Å²) in [5, 5.41) is 7.03. The Hall–Kier alpha value is -2.39. The van der Waals surface area contributed by atoms with E-state index < -0.39 is 17.0 Å². The smallest absolute Gasteiger partial charge is 0.302 e. The molecule has 3 rings (SSSR count). The van der Waals surface area contributed by atoms with Crippen molar-refractivity contribution in [1.82, 2.24) is 14.8 Å². The Balaban J connectivity index is 1.65. The van der Waals surface area contributed by atoms with Gasteiger partial charge in [-0.1, -0.05) is 29.0 Å². The number of anilines is 1. The van der Waals surface area contributed by atoms with E-state index in [4.69, 9.17) is 11.6 Å². The third-order valence-electron chi connectivity index (χ3n) is 3.09. The highest BCUT2D eigenvalue weighted by Crippen LogP contribution is 2.34. The van der Waals surface area contributed by atoms with Gasteiger partial charge in [0.1, 0.15) is 4.88 Å². The van der Waals surface area contributed by atoms with Crippen molar-refractivity contribution in [2.24, 2.45) is 0 Å². The van der Waals surface area contributed by atoms with Crippen LogP contribution in [-0.4, -0.2) is 20.7 Å². The van der Waals surface area contributed by atoms with Crippen LogP contribution in [0.1, 0.15) is 10.6 Å². The van der Waals surface area contributed by atoms with Crippen molar-refractivity contribution in [3.8, 4) is 5.69 Å². The Morgan fingerprint density at radius 3 is 2.80 bits per heavy atom. The monoisotopic (exact) mass is 386 g/mol. The zero-order valence-corrected chi connectivity index (χ0v) is 14.0. The van der Waals surface area contributed by atoms with Gasteiger partial charge < -0.3 is 5.32 Å². The van der Waals surface area contributed by atoms with Crippen LogP contribution in [0.5, 0.6) is 0 Å². The predicted octanol–water partition coefficient (Wildman–Crippen LogP) is 4.18. The third kappa shape index (κ3) is 4.37. The Bertz CT molecular complexity index is 906. The number of nitrogens with one attached hydrogen (secondary N) is 1. The highest BCUT2D eigenvalue weighted by Gasteiger charge is 2.33. The number of carbonyl (C=O) groups is 1. The lowest BCUT2D eigenvalue weighted by Gasteiger charge is -2.02. The van der Waals surface area contributed by atoms with Crippen molar-refractivity contribution in [1.29, 1.82) is 0 Å². The zero-order valence-electron chi connectivity index (χ0n) is 12.4. The van der Waals surface area contributed by atoms with Crippen LogP contribution in [-0.2, 0) is 17.4 Å². The topological polar surface area (TPSA) is 59.8 Å². The van der Waals surface area contributed by atoms with Gasteiger partial charge in [0, 0.05) is 11.2 Å². The molecule has 130 valence electrons. The number of carbonyl (C=O) groups excluding carboxylic acids is 1. The van der Waals surface area contributed by atoms with Crippen molar-refractivity contribution in [3.05, 3.63) is 58.3 Å². The molecule has 0 bridgehead atoms. The molecular formula is C15H10ClF3N4OS. The fraction of sp³-hybridized carbons (Fsp3) is 0.133. The summed E-state index contributed by atoms with van der Waals surface area (Å²) in [6.45, 7) is 0. The second-order valence-corrected chi connectivity index (χ2v) is 6.45. The van der Waals surface area contributed by atoms with Gasteiger partial charge in [-0.3, -0.25) is 4.79 Å². The van der Waals surface area contributed by atoms with Crippen molar-refractivity contribution in [2.45, 2.75) is 12.6 Å². The molecule has 0 saturated heterocycles. The Kier molecular flexibility index (Phi) is 4.78. The molecule has 1 aromatic carbocycles. The maximum atomic E-state index is 12.5. The van der Waals surface area contributed by atoms with Gasteiger partial charge in [0.15, 0.2) is 5.13 Å². The summed E-state index contributed by atoms with van der Waals surface area (Å²) in [5.74, 6) is -0.501. The maximum Gasteiger partial charge on any atom is 0.427 e. The van der Waals surface area contributed by atoms with Crippen LogP contribution in [0.3, 0.4) is 0 Å². The second-order valence-electron chi connectivity index (χ2n) is 4.98. The molecule has 0 radical (unpaired) electrons. The van der Waals surface area contributed by atoms with Gasteiger partial charge in [-0.25, -0.2) is 9.67 Å². The Morgan fingerprint density at radius 2 is 2.12 bits per heavy atom. The fourth-order valence-electron chi connectivity index (χ4n) is 2.01. The molecule has 1 N–H and O–H groups in total. The van der Waals surface area contributed by atoms with E-state index in [0.29, 0.717) is 28.3 Å². The number of rotatable bonds is 4. The van der Waals surface area contributed by atoms with E-state index in [-0.39, 0.29) is 11.6 Å². The molecule has 25 heavy (non-hydrogen) atoms. The van der Waals surface area contributed by atoms with Crippen molar-refractivity contribution < 1.29 is 18.0 Å². The van der Waals surface area contributed by atoms with E-state index in [0.717, 1.165) is 5.69 Å². The minimum absolute atomic E-state index is 0.0888. The summed E-state index contributed by atoms with van der Waals surface area (Å²) < 4.78 is 39.1. The normalized spacial score (nSPS) is 11.5. The quantitative estimate of drug-likeness (QED) is 0.731. The van der Waals surface area contributed by atoms with Gasteiger partial charge in [-0.15, -0.1) is 0 Å². The zero-order chi connectivity index (χ0) is 18.0. The van der Waals surface area contributed by atoms with Gasteiger partial charge in [0.2, 0.25) is 5.91 Å². The third-order valence-corrected chi connectivity index (χ3v) is 4.28. The van der Waals surface area contributed by atoms with Gasteiger partial charge in [-0.2, -0.15) is 18.3 Å². The molecular weight excluding hydrogens is 377 g/mol. The predicted molar refractivity (Wildman–Crippen MR) is 88.0 cm³/mol. The summed E-state index contributed by atoms with van der Waals surface area (Å²) in [7, 11) is 0. The SMILES string of the molecule is O=C(Cc1ccn(-c2cccc(Cl)c2)n1)Nc1ncc(C(F)(F)F)s1. The molecule has 0 unspecified atom stereocenters. The molecule has 0 aliphatic heterocycles. The largest absolute Gasteiger partial charge is 0.427 e. The van der Waals surface area contributed by atoms with Gasteiger partial charge >= 0.3 is 6.18 Å². The molecule has 2 aromatic heterocycles. The molecule has 0 aliphatic rings. The number of benzene rings is 1. The van der Waals surface area contributed by atoms with Crippen molar-refractivity contribution in [2.75, 3.05) is 5.32 Å². The van der Waals surface area contributed by atoms with E-state index in [1.165, 1.54) is 0 Å². The van der Waals surface area contributed by atoms with Crippen LogP contribution in [0.25, 0.3) is 5.69 Å². The first-order chi connectivity index (χ1) is 11.8. The number of amides is 1. The second kappa shape index (κ2) is 6.85. The van der Waals surface area contributed by atoms with E-state index in [9.17, 15) is 18.0 Å². The van der Waals surface area contributed by atoms with Crippen LogP contribution in [0.2, 0.25) is 5.02 Å². The van der Waals surface area contributed by atoms with Crippen molar-refractivity contribution in [3.63, 3.8) is 0 Å². The van der Waals surface area contributed by atoms with E-state index >= 15 is 0 Å². The summed E-state index contributed by atoms with van der Waals surface area (Å²) in [4.78, 5) is 14.6. The number of aromatic nitrogens is 3. The first-order valence-electron chi connectivity index (χ1n) is 6.94. The number of hydrogen-bond donors (Lipinski definition) is 1. The van der Waals surface area contributed by atoms with Gasteiger partial charge in [-0.05, 0) is 24.3 Å². The molecule has 0 aliphatic carbocycles. The number of hydrogen-bond acceptors (Lipinski definition) is 4. The first-order valence-corrected chi connectivity index (χ1v) is 8.14. The minimum Gasteiger partial charge on any atom is -0.302 e. The molecule has 0 fully saturated rings. The molecule has 0 atom stereocenters. The van der Waals surface area contributed by atoms with Crippen LogP contribution in [0.4, 0.5) is 18.3 Å². The fourth-order valence-corrected chi connectivity index (χ4v) is 2.89. The minimum atomic E-state index is -4.48. The van der Waals surface area contributed by atoms with Crippen LogP contribution in [0.15, 0.2) is 42.7 Å². The lowest BCUT2D eigenvalue weighted by Crippen LogP contribution is -2.14. The molecule has 0 spiro atoms. The van der Waals surface area contributed by atoms with Crippen molar-refractivity contribution >= 4 is 34.0 Å². The molecule has 0 saturated carbocycles. The highest BCUT2D eigenvalue weighted by molar-refractivity contribution is 7.15. The summed E-state index contributed by atoms with van der Waals surface area (Å²) in [6.07, 6.45) is -2.21. The highest BCUT2D eigenvalue weighted by atomic mass is 35.5. The molecule has 3 aromatic rings. The van der Waals surface area contributed by atoms with E-state index in [1.807, 2.05) is 0 Å². The Labute approximate surface area is 149 Å². The first kappa shape index (κ1) is 17.4. The molecule has 2 heterocycles. The van der Waals surface area contributed by atoms with Crippen LogP contribution in [0, 0.1) is 0 Å². The number of thiazole rings is 1.